The smallest absolute Gasteiger partial charge is 0.338 e. The fourth-order valence-electron chi connectivity index (χ4n) is 2.60. The van der Waals surface area contributed by atoms with E-state index in [0.29, 0.717) is 30.3 Å². The molecular formula is C17H18N2O4S. The number of carbonyl (C=O) groups excluding carboxylic acids is 2. The zero-order valence-corrected chi connectivity index (χ0v) is 14.0. The first kappa shape index (κ1) is 16.5. The Balaban J connectivity index is 1.72. The molecule has 1 unspecified atom stereocenters. The van der Waals surface area contributed by atoms with Crippen LogP contribution in [-0.2, 0) is 9.47 Å². The molecule has 2 aromatic rings. The third kappa shape index (κ3) is 3.58. The summed E-state index contributed by atoms with van der Waals surface area (Å²) in [5, 5.41) is 5.12. The van der Waals surface area contributed by atoms with Crippen LogP contribution >= 0.6 is 11.3 Å². The molecule has 126 valence electrons. The molecule has 1 saturated heterocycles. The lowest BCUT2D eigenvalue weighted by Gasteiger charge is -2.35. The van der Waals surface area contributed by atoms with Crippen LogP contribution < -0.4 is 5.32 Å². The van der Waals surface area contributed by atoms with Gasteiger partial charge in [-0.3, -0.25) is 5.32 Å². The second-order valence-electron chi connectivity index (χ2n) is 5.32. The van der Waals surface area contributed by atoms with E-state index in [-0.39, 0.29) is 12.1 Å². The van der Waals surface area contributed by atoms with Gasteiger partial charge < -0.3 is 14.4 Å². The van der Waals surface area contributed by atoms with E-state index in [2.05, 4.69) is 10.1 Å². The van der Waals surface area contributed by atoms with Crippen LogP contribution in [0.4, 0.5) is 9.80 Å². The van der Waals surface area contributed by atoms with Gasteiger partial charge >= 0.3 is 12.0 Å². The maximum absolute atomic E-state index is 12.6. The summed E-state index contributed by atoms with van der Waals surface area (Å²) in [7, 11) is 1.33. The van der Waals surface area contributed by atoms with Crippen molar-refractivity contribution in [3.8, 4) is 0 Å². The molecule has 1 aromatic heterocycles. The Hall–Kier alpha value is -2.38. The lowest BCUT2D eigenvalue weighted by molar-refractivity contribution is 0.0148. The number of benzene rings is 1. The second kappa shape index (κ2) is 7.46. The number of urea groups is 1. The van der Waals surface area contributed by atoms with Crippen LogP contribution in [0.2, 0.25) is 0 Å². The van der Waals surface area contributed by atoms with Gasteiger partial charge in [-0.05, 0) is 11.6 Å². The van der Waals surface area contributed by atoms with E-state index in [1.54, 1.807) is 16.3 Å². The topological polar surface area (TPSA) is 67.9 Å². The molecule has 24 heavy (non-hydrogen) atoms. The van der Waals surface area contributed by atoms with Gasteiger partial charge in [0.1, 0.15) is 0 Å². The van der Waals surface area contributed by atoms with Crippen molar-refractivity contribution < 1.29 is 19.1 Å². The number of nitrogens with one attached hydrogen (secondary N) is 1. The summed E-state index contributed by atoms with van der Waals surface area (Å²) >= 11 is 1.29. The van der Waals surface area contributed by atoms with Crippen LogP contribution in [0, 0.1) is 0 Å². The molecule has 0 bridgehead atoms. The van der Waals surface area contributed by atoms with Gasteiger partial charge in [0, 0.05) is 11.9 Å². The standard InChI is InChI=1S/C17H18N2O4S/c1-22-16(20)13-9-15(24-11-13)18-17(21)19-7-8-23-10-14(19)12-5-3-2-4-6-12/h2-6,9,11,14H,7-8,10H2,1H3,(H,18,21). The summed E-state index contributed by atoms with van der Waals surface area (Å²) < 4.78 is 10.2. The summed E-state index contributed by atoms with van der Waals surface area (Å²) in [5.41, 5.74) is 1.47. The highest BCUT2D eigenvalue weighted by molar-refractivity contribution is 7.14. The number of esters is 1. The van der Waals surface area contributed by atoms with Gasteiger partial charge in [-0.15, -0.1) is 11.3 Å². The average Bonchev–Trinajstić information content (AvgIpc) is 3.10. The number of ether oxygens (including phenoxy) is 2. The van der Waals surface area contributed by atoms with E-state index in [9.17, 15) is 9.59 Å². The Morgan fingerprint density at radius 3 is 2.88 bits per heavy atom. The van der Waals surface area contributed by atoms with Crippen molar-refractivity contribution >= 4 is 28.3 Å². The molecule has 3 rings (SSSR count). The molecular weight excluding hydrogens is 328 g/mol. The number of hydrogen-bond donors (Lipinski definition) is 1. The Kier molecular flexibility index (Phi) is 5.12. The molecule has 2 heterocycles. The minimum Gasteiger partial charge on any atom is -0.465 e. The predicted molar refractivity (Wildman–Crippen MR) is 91.4 cm³/mol. The van der Waals surface area contributed by atoms with E-state index < -0.39 is 5.97 Å². The van der Waals surface area contributed by atoms with Gasteiger partial charge in [0.05, 0.1) is 36.9 Å². The van der Waals surface area contributed by atoms with E-state index in [1.807, 2.05) is 30.3 Å². The number of rotatable bonds is 3. The maximum atomic E-state index is 12.6. The Bertz CT molecular complexity index is 716. The SMILES string of the molecule is COC(=O)c1csc(NC(=O)N2CCOCC2c2ccccc2)c1. The van der Waals surface area contributed by atoms with Crippen LogP contribution in [-0.4, -0.2) is 43.8 Å². The second-order valence-corrected chi connectivity index (χ2v) is 6.23. The van der Waals surface area contributed by atoms with Crippen LogP contribution in [0.5, 0.6) is 0 Å². The molecule has 1 atom stereocenters. The highest BCUT2D eigenvalue weighted by Gasteiger charge is 2.28. The molecule has 0 radical (unpaired) electrons. The minimum absolute atomic E-state index is 0.125. The molecule has 6 nitrogen and oxygen atoms in total. The lowest BCUT2D eigenvalue weighted by Crippen LogP contribution is -2.45. The fraction of sp³-hybridized carbons (Fsp3) is 0.294. The van der Waals surface area contributed by atoms with Gasteiger partial charge in [0.25, 0.3) is 0 Å². The summed E-state index contributed by atoms with van der Waals surface area (Å²) in [6, 6.07) is 11.1. The molecule has 7 heteroatoms. The van der Waals surface area contributed by atoms with Gasteiger partial charge in [0.15, 0.2) is 0 Å². The molecule has 0 spiro atoms. The predicted octanol–water partition coefficient (Wildman–Crippen LogP) is 3.14. The van der Waals surface area contributed by atoms with Gasteiger partial charge in [-0.2, -0.15) is 0 Å². The average molecular weight is 346 g/mol. The van der Waals surface area contributed by atoms with Crippen LogP contribution in [0.25, 0.3) is 0 Å². The maximum Gasteiger partial charge on any atom is 0.338 e. The largest absolute Gasteiger partial charge is 0.465 e. The van der Waals surface area contributed by atoms with Gasteiger partial charge in [0.2, 0.25) is 0 Å². The van der Waals surface area contributed by atoms with Crippen molar-refractivity contribution in [3.63, 3.8) is 0 Å². The van der Waals surface area contributed by atoms with Crippen LogP contribution in [0.3, 0.4) is 0 Å². The summed E-state index contributed by atoms with van der Waals surface area (Å²) in [6.07, 6.45) is 0. The Labute approximate surface area is 144 Å². The summed E-state index contributed by atoms with van der Waals surface area (Å²) in [5.74, 6) is -0.416. The number of morpholine rings is 1. The Morgan fingerprint density at radius 2 is 2.12 bits per heavy atom. The molecule has 1 aromatic carbocycles. The molecule has 0 aliphatic carbocycles. The first-order valence-electron chi connectivity index (χ1n) is 7.56. The summed E-state index contributed by atoms with van der Waals surface area (Å²) in [4.78, 5) is 25.9. The van der Waals surface area contributed by atoms with Crippen molar-refractivity contribution in [2.45, 2.75) is 6.04 Å². The van der Waals surface area contributed by atoms with Gasteiger partial charge in [-0.1, -0.05) is 30.3 Å². The van der Waals surface area contributed by atoms with E-state index >= 15 is 0 Å². The highest BCUT2D eigenvalue weighted by Crippen LogP contribution is 2.26. The van der Waals surface area contributed by atoms with Crippen molar-refractivity contribution in [3.05, 3.63) is 52.9 Å². The van der Waals surface area contributed by atoms with Crippen molar-refractivity contribution in [2.24, 2.45) is 0 Å². The molecule has 1 aliphatic heterocycles. The number of methoxy groups -OCH3 is 1. The van der Waals surface area contributed by atoms with Gasteiger partial charge in [-0.25, -0.2) is 9.59 Å². The Morgan fingerprint density at radius 1 is 1.33 bits per heavy atom. The van der Waals surface area contributed by atoms with Crippen molar-refractivity contribution in [2.75, 3.05) is 32.2 Å². The highest BCUT2D eigenvalue weighted by atomic mass is 32.1. The third-order valence-electron chi connectivity index (χ3n) is 3.82. The zero-order valence-electron chi connectivity index (χ0n) is 13.2. The fourth-order valence-corrected chi connectivity index (χ4v) is 3.36. The molecule has 1 fully saturated rings. The van der Waals surface area contributed by atoms with E-state index in [4.69, 9.17) is 4.74 Å². The monoisotopic (exact) mass is 346 g/mol. The quantitative estimate of drug-likeness (QED) is 0.867. The molecule has 2 amide bonds. The van der Waals surface area contributed by atoms with Crippen molar-refractivity contribution in [1.29, 1.82) is 0 Å². The number of thiophene rings is 1. The van der Waals surface area contributed by atoms with Crippen LogP contribution in [0.1, 0.15) is 22.0 Å². The first-order chi connectivity index (χ1) is 11.7. The zero-order chi connectivity index (χ0) is 16.9. The first-order valence-corrected chi connectivity index (χ1v) is 8.44. The molecule has 0 saturated carbocycles. The number of amides is 2. The molecule has 1 aliphatic rings. The molecule has 1 N–H and O–H groups in total. The number of hydrogen-bond acceptors (Lipinski definition) is 5. The number of nitrogens with zero attached hydrogens (tertiary/aromatic N) is 1. The lowest BCUT2D eigenvalue weighted by atomic mass is 10.1. The third-order valence-corrected chi connectivity index (χ3v) is 4.67. The summed E-state index contributed by atoms with van der Waals surface area (Å²) in [6.45, 7) is 1.49. The normalized spacial score (nSPS) is 17.4. The number of carbonyl (C=O) groups is 2. The van der Waals surface area contributed by atoms with Crippen LogP contribution in [0.15, 0.2) is 41.8 Å². The van der Waals surface area contributed by atoms with E-state index in [0.717, 1.165) is 5.56 Å². The van der Waals surface area contributed by atoms with Crippen molar-refractivity contribution in [1.82, 2.24) is 4.90 Å². The minimum atomic E-state index is -0.416. The van der Waals surface area contributed by atoms with E-state index in [1.165, 1.54) is 18.4 Å². The number of anilines is 1.